The van der Waals surface area contributed by atoms with Crippen molar-refractivity contribution in [3.63, 3.8) is 0 Å². The summed E-state index contributed by atoms with van der Waals surface area (Å²) in [5, 5.41) is 3.02. The fraction of sp³-hybridized carbons (Fsp3) is 0.625. The molecule has 0 saturated carbocycles. The Balaban J connectivity index is 1.76. The van der Waals surface area contributed by atoms with E-state index in [1.165, 1.54) is 0 Å². The predicted octanol–water partition coefficient (Wildman–Crippen LogP) is 0.846. The summed E-state index contributed by atoms with van der Waals surface area (Å²) in [4.78, 5) is 20.7. The Morgan fingerprint density at radius 3 is 2.95 bits per heavy atom. The van der Waals surface area contributed by atoms with Crippen LogP contribution in [-0.4, -0.2) is 69.8 Å². The number of hydrogen-bond acceptors (Lipinski definition) is 5. The number of carbonyl (C=O) groups excluding carboxylic acids is 1. The van der Waals surface area contributed by atoms with Crippen LogP contribution in [0.1, 0.15) is 16.8 Å². The van der Waals surface area contributed by atoms with Gasteiger partial charge in [-0.3, -0.25) is 4.79 Å². The van der Waals surface area contributed by atoms with Gasteiger partial charge in [0.15, 0.2) is 0 Å². The Morgan fingerprint density at radius 1 is 1.50 bits per heavy atom. The van der Waals surface area contributed by atoms with Gasteiger partial charge in [-0.25, -0.2) is 4.98 Å². The molecule has 2 heterocycles. The fourth-order valence-electron chi connectivity index (χ4n) is 2.63. The number of methoxy groups -OCH3 is 1. The Morgan fingerprint density at radius 2 is 2.32 bits per heavy atom. The molecule has 6 heteroatoms. The summed E-state index contributed by atoms with van der Waals surface area (Å²) >= 11 is 0. The number of likely N-dealkylation sites (tertiary alicyclic amines) is 1. The first-order valence-corrected chi connectivity index (χ1v) is 7.73. The largest absolute Gasteiger partial charge is 0.383 e. The van der Waals surface area contributed by atoms with E-state index in [0.717, 1.165) is 45.0 Å². The lowest BCUT2D eigenvalue weighted by Gasteiger charge is -2.15. The molecule has 1 aromatic rings. The molecular formula is C16H26N4O2. The van der Waals surface area contributed by atoms with Gasteiger partial charge in [0.25, 0.3) is 5.91 Å². The van der Waals surface area contributed by atoms with Gasteiger partial charge in [0.05, 0.1) is 12.2 Å². The van der Waals surface area contributed by atoms with E-state index in [1.807, 2.05) is 31.1 Å². The van der Waals surface area contributed by atoms with Gasteiger partial charge in [-0.1, -0.05) is 0 Å². The average molecular weight is 306 g/mol. The molecule has 22 heavy (non-hydrogen) atoms. The topological polar surface area (TPSA) is 57.7 Å². The molecule has 1 aliphatic heterocycles. The predicted molar refractivity (Wildman–Crippen MR) is 87.3 cm³/mol. The molecule has 122 valence electrons. The van der Waals surface area contributed by atoms with Gasteiger partial charge in [0.1, 0.15) is 5.82 Å². The van der Waals surface area contributed by atoms with Crippen molar-refractivity contribution in [2.24, 2.45) is 5.92 Å². The molecule has 0 unspecified atom stereocenters. The third-order valence-corrected chi connectivity index (χ3v) is 4.00. The van der Waals surface area contributed by atoms with Crippen LogP contribution in [0.3, 0.4) is 0 Å². The van der Waals surface area contributed by atoms with Crippen molar-refractivity contribution in [1.82, 2.24) is 15.2 Å². The summed E-state index contributed by atoms with van der Waals surface area (Å²) in [5.74, 6) is 1.32. The molecule has 0 aromatic carbocycles. The third kappa shape index (κ3) is 4.68. The quantitative estimate of drug-likeness (QED) is 0.809. The second kappa shape index (κ2) is 8.10. The average Bonchev–Trinajstić information content (AvgIpc) is 2.98. The Labute approximate surface area is 132 Å². The molecule has 2 rings (SSSR count). The minimum atomic E-state index is -0.0480. The second-order valence-electron chi connectivity index (χ2n) is 5.96. The number of pyridine rings is 1. The third-order valence-electron chi connectivity index (χ3n) is 4.00. The number of amides is 1. The highest BCUT2D eigenvalue weighted by Crippen LogP contribution is 2.15. The number of ether oxygens (including phenoxy) is 1. The highest BCUT2D eigenvalue weighted by molar-refractivity contribution is 5.94. The first kappa shape index (κ1) is 16.7. The first-order valence-electron chi connectivity index (χ1n) is 7.73. The van der Waals surface area contributed by atoms with E-state index in [0.29, 0.717) is 11.5 Å². The smallest absolute Gasteiger partial charge is 0.252 e. The minimum Gasteiger partial charge on any atom is -0.383 e. The van der Waals surface area contributed by atoms with Crippen molar-refractivity contribution in [2.45, 2.75) is 6.42 Å². The highest BCUT2D eigenvalue weighted by Gasteiger charge is 2.22. The molecular weight excluding hydrogens is 280 g/mol. The van der Waals surface area contributed by atoms with Crippen molar-refractivity contribution in [1.29, 1.82) is 0 Å². The zero-order valence-electron chi connectivity index (χ0n) is 13.7. The van der Waals surface area contributed by atoms with Crippen LogP contribution in [0.4, 0.5) is 5.82 Å². The van der Waals surface area contributed by atoms with Gasteiger partial charge >= 0.3 is 0 Å². The maximum absolute atomic E-state index is 12.1. The molecule has 1 fully saturated rings. The maximum Gasteiger partial charge on any atom is 0.252 e. The zero-order chi connectivity index (χ0) is 15.9. The van der Waals surface area contributed by atoms with E-state index in [2.05, 4.69) is 15.2 Å². The molecule has 0 spiro atoms. The lowest BCUT2D eigenvalue weighted by Crippen LogP contribution is -2.31. The molecule has 0 aliphatic carbocycles. The molecule has 0 radical (unpaired) electrons. The molecule has 0 bridgehead atoms. The number of nitrogens with one attached hydrogen (secondary N) is 1. The fourth-order valence-corrected chi connectivity index (χ4v) is 2.63. The second-order valence-corrected chi connectivity index (χ2v) is 5.96. The standard InChI is InChI=1S/C16H26N4O2/c1-19(2)15-5-4-14(11-17-15)16(21)18-10-13-6-7-20(12-13)8-9-22-3/h4-5,11,13H,6-10,12H2,1-3H3,(H,18,21)/t13-/m0/s1. The van der Waals surface area contributed by atoms with Crippen LogP contribution in [0, 0.1) is 5.92 Å². The molecule has 1 amide bonds. The van der Waals surface area contributed by atoms with Gasteiger partial charge < -0.3 is 19.9 Å². The van der Waals surface area contributed by atoms with Crippen molar-refractivity contribution in [3.05, 3.63) is 23.9 Å². The van der Waals surface area contributed by atoms with Gasteiger partial charge in [0.2, 0.25) is 0 Å². The lowest BCUT2D eigenvalue weighted by molar-refractivity contribution is 0.0946. The zero-order valence-corrected chi connectivity index (χ0v) is 13.7. The van der Waals surface area contributed by atoms with Gasteiger partial charge in [-0.05, 0) is 31.0 Å². The van der Waals surface area contributed by atoms with Gasteiger partial charge in [-0.15, -0.1) is 0 Å². The van der Waals surface area contributed by atoms with Crippen molar-refractivity contribution < 1.29 is 9.53 Å². The molecule has 1 atom stereocenters. The highest BCUT2D eigenvalue weighted by atomic mass is 16.5. The first-order chi connectivity index (χ1) is 10.6. The van der Waals surface area contributed by atoms with E-state index in [9.17, 15) is 4.79 Å². The number of nitrogens with zero attached hydrogens (tertiary/aromatic N) is 3. The summed E-state index contributed by atoms with van der Waals surface area (Å²) in [7, 11) is 5.58. The van der Waals surface area contributed by atoms with Crippen molar-refractivity contribution in [2.75, 3.05) is 58.9 Å². The SMILES string of the molecule is COCCN1CC[C@@H](CNC(=O)c2ccc(N(C)C)nc2)C1. The van der Waals surface area contributed by atoms with Crippen molar-refractivity contribution >= 4 is 11.7 Å². The Hall–Kier alpha value is -1.66. The minimum absolute atomic E-state index is 0.0480. The lowest BCUT2D eigenvalue weighted by atomic mass is 10.1. The Kier molecular flexibility index (Phi) is 6.15. The summed E-state index contributed by atoms with van der Waals surface area (Å²) in [6.07, 6.45) is 2.76. The van der Waals surface area contributed by atoms with E-state index in [1.54, 1.807) is 13.3 Å². The summed E-state index contributed by atoms with van der Waals surface area (Å²) in [6.45, 7) is 4.57. The van der Waals surface area contributed by atoms with Crippen LogP contribution in [0.25, 0.3) is 0 Å². The Bertz CT molecular complexity index is 476. The number of rotatable bonds is 7. The normalized spacial score (nSPS) is 18.4. The van der Waals surface area contributed by atoms with E-state index in [-0.39, 0.29) is 5.91 Å². The van der Waals surface area contributed by atoms with Crippen LogP contribution in [0.5, 0.6) is 0 Å². The molecule has 1 aromatic heterocycles. The van der Waals surface area contributed by atoms with Crippen molar-refractivity contribution in [3.8, 4) is 0 Å². The summed E-state index contributed by atoms with van der Waals surface area (Å²) in [5.41, 5.74) is 0.611. The van der Waals surface area contributed by atoms with Gasteiger partial charge in [-0.2, -0.15) is 0 Å². The maximum atomic E-state index is 12.1. The number of aromatic nitrogens is 1. The van der Waals surface area contributed by atoms with Gasteiger partial charge in [0, 0.05) is 47.0 Å². The number of carbonyl (C=O) groups is 1. The summed E-state index contributed by atoms with van der Waals surface area (Å²) in [6, 6.07) is 3.67. The monoisotopic (exact) mass is 306 g/mol. The van der Waals surface area contributed by atoms with E-state index >= 15 is 0 Å². The van der Waals surface area contributed by atoms with Crippen LogP contribution in [0.15, 0.2) is 18.3 Å². The molecule has 6 nitrogen and oxygen atoms in total. The molecule has 1 N–H and O–H groups in total. The van der Waals surface area contributed by atoms with Crippen LogP contribution < -0.4 is 10.2 Å². The number of hydrogen-bond donors (Lipinski definition) is 1. The summed E-state index contributed by atoms with van der Waals surface area (Å²) < 4.78 is 5.10. The van der Waals surface area contributed by atoms with E-state index in [4.69, 9.17) is 4.74 Å². The van der Waals surface area contributed by atoms with Crippen LogP contribution >= 0.6 is 0 Å². The number of anilines is 1. The van der Waals surface area contributed by atoms with Crippen LogP contribution in [0.2, 0.25) is 0 Å². The molecule has 1 aliphatic rings. The van der Waals surface area contributed by atoms with Crippen LogP contribution in [-0.2, 0) is 4.74 Å². The molecule has 1 saturated heterocycles. The van der Waals surface area contributed by atoms with E-state index < -0.39 is 0 Å².